The van der Waals surface area contributed by atoms with Gasteiger partial charge in [-0.2, -0.15) is 0 Å². The van der Waals surface area contributed by atoms with Gasteiger partial charge in [0.25, 0.3) is 0 Å². The summed E-state index contributed by atoms with van der Waals surface area (Å²) in [4.78, 5) is 4.40. The molecule has 0 saturated heterocycles. The van der Waals surface area contributed by atoms with Crippen LogP contribution in [0.5, 0.6) is 0 Å². The van der Waals surface area contributed by atoms with Gasteiger partial charge in [-0.05, 0) is 24.2 Å². The molecule has 94 valence electrons. The van der Waals surface area contributed by atoms with Gasteiger partial charge in [-0.25, -0.2) is 5.84 Å². The van der Waals surface area contributed by atoms with E-state index in [1.807, 2.05) is 0 Å². The predicted molar refractivity (Wildman–Crippen MR) is 69.0 cm³/mol. The molecule has 16 heavy (non-hydrogen) atoms. The highest BCUT2D eigenvalue weighted by Crippen LogP contribution is 2.30. The maximum absolute atomic E-state index is 5.44. The molecule has 4 heteroatoms. The lowest BCUT2D eigenvalue weighted by Gasteiger charge is -2.17. The molecule has 4 N–H and O–H groups in total. The number of nitrogens with two attached hydrogens (primary N) is 1. The van der Waals surface area contributed by atoms with Gasteiger partial charge in [0.1, 0.15) is 0 Å². The van der Waals surface area contributed by atoms with E-state index in [9.17, 15) is 0 Å². The minimum atomic E-state index is 0.565. The molecule has 1 rings (SSSR count). The molecular weight excluding hydrogens is 200 g/mol. The molecule has 2 unspecified atom stereocenters. The summed E-state index contributed by atoms with van der Waals surface area (Å²) in [5.41, 5.74) is 2.64. The SMILES string of the molecule is CC(C)CN=C(NN)NCC1CCCC1C. The van der Waals surface area contributed by atoms with Gasteiger partial charge in [0.05, 0.1) is 0 Å². The molecule has 0 aromatic rings. The molecule has 0 aliphatic heterocycles. The first kappa shape index (κ1) is 13.3. The summed E-state index contributed by atoms with van der Waals surface area (Å²) in [5, 5.41) is 3.31. The zero-order valence-electron chi connectivity index (χ0n) is 10.8. The number of hydrogen-bond donors (Lipinski definition) is 3. The lowest BCUT2D eigenvalue weighted by molar-refractivity contribution is 0.413. The van der Waals surface area contributed by atoms with Gasteiger partial charge in [-0.1, -0.05) is 33.6 Å². The van der Waals surface area contributed by atoms with E-state index in [-0.39, 0.29) is 0 Å². The molecule has 0 aromatic carbocycles. The van der Waals surface area contributed by atoms with Crippen molar-refractivity contribution in [3.63, 3.8) is 0 Å². The molecule has 1 aliphatic carbocycles. The van der Waals surface area contributed by atoms with Gasteiger partial charge in [-0.15, -0.1) is 0 Å². The Morgan fingerprint density at radius 3 is 2.69 bits per heavy atom. The molecule has 0 aromatic heterocycles. The fourth-order valence-electron chi connectivity index (χ4n) is 2.18. The Morgan fingerprint density at radius 1 is 1.44 bits per heavy atom. The van der Waals surface area contributed by atoms with Crippen LogP contribution < -0.4 is 16.6 Å². The first-order valence-electron chi connectivity index (χ1n) is 6.38. The van der Waals surface area contributed by atoms with Crippen LogP contribution in [0.3, 0.4) is 0 Å². The van der Waals surface area contributed by atoms with Crippen LogP contribution in [-0.4, -0.2) is 19.0 Å². The van der Waals surface area contributed by atoms with Gasteiger partial charge in [0, 0.05) is 13.1 Å². The van der Waals surface area contributed by atoms with Crippen molar-refractivity contribution in [2.75, 3.05) is 13.1 Å². The first-order chi connectivity index (χ1) is 7.63. The average Bonchev–Trinajstić information content (AvgIpc) is 2.64. The first-order valence-corrected chi connectivity index (χ1v) is 6.38. The number of hydrazine groups is 1. The van der Waals surface area contributed by atoms with Crippen LogP contribution in [0.2, 0.25) is 0 Å². The summed E-state index contributed by atoms with van der Waals surface area (Å²) >= 11 is 0. The van der Waals surface area contributed by atoms with Gasteiger partial charge in [0.2, 0.25) is 5.96 Å². The van der Waals surface area contributed by atoms with Crippen LogP contribution >= 0.6 is 0 Å². The van der Waals surface area contributed by atoms with Crippen molar-refractivity contribution >= 4 is 5.96 Å². The Hall–Kier alpha value is -0.770. The number of rotatable bonds is 4. The van der Waals surface area contributed by atoms with Crippen molar-refractivity contribution in [1.29, 1.82) is 0 Å². The van der Waals surface area contributed by atoms with Crippen LogP contribution in [0.15, 0.2) is 4.99 Å². The maximum Gasteiger partial charge on any atom is 0.205 e. The van der Waals surface area contributed by atoms with E-state index >= 15 is 0 Å². The van der Waals surface area contributed by atoms with Gasteiger partial charge < -0.3 is 5.32 Å². The highest BCUT2D eigenvalue weighted by Gasteiger charge is 2.22. The minimum Gasteiger partial charge on any atom is -0.355 e. The molecule has 1 saturated carbocycles. The predicted octanol–water partition coefficient (Wildman–Crippen LogP) is 1.49. The third kappa shape index (κ3) is 4.39. The summed E-state index contributed by atoms with van der Waals surface area (Å²) in [7, 11) is 0. The van der Waals surface area contributed by atoms with E-state index in [1.165, 1.54) is 19.3 Å². The van der Waals surface area contributed by atoms with E-state index in [4.69, 9.17) is 5.84 Å². The second kappa shape index (κ2) is 6.74. The van der Waals surface area contributed by atoms with Crippen LogP contribution in [0, 0.1) is 17.8 Å². The fraction of sp³-hybridized carbons (Fsp3) is 0.917. The van der Waals surface area contributed by atoms with Crippen molar-refractivity contribution < 1.29 is 0 Å². The molecule has 0 bridgehead atoms. The summed E-state index contributed by atoms with van der Waals surface area (Å²) < 4.78 is 0. The second-order valence-corrected chi connectivity index (χ2v) is 5.28. The third-order valence-electron chi connectivity index (χ3n) is 3.32. The molecule has 0 heterocycles. The number of nitrogens with zero attached hydrogens (tertiary/aromatic N) is 1. The van der Waals surface area contributed by atoms with Gasteiger partial charge >= 0.3 is 0 Å². The number of hydrogen-bond acceptors (Lipinski definition) is 2. The number of nitrogens with one attached hydrogen (secondary N) is 2. The van der Waals surface area contributed by atoms with Crippen molar-refractivity contribution in [1.82, 2.24) is 10.7 Å². The van der Waals surface area contributed by atoms with Gasteiger partial charge in [0.15, 0.2) is 0 Å². The highest BCUT2D eigenvalue weighted by molar-refractivity contribution is 5.79. The van der Waals surface area contributed by atoms with Gasteiger partial charge in [-0.3, -0.25) is 10.4 Å². The highest BCUT2D eigenvalue weighted by atomic mass is 15.3. The smallest absolute Gasteiger partial charge is 0.205 e. The maximum atomic E-state index is 5.44. The Labute approximate surface area is 99.1 Å². The summed E-state index contributed by atoms with van der Waals surface area (Å²) in [5.74, 6) is 8.34. The van der Waals surface area contributed by atoms with Crippen molar-refractivity contribution in [3.8, 4) is 0 Å². The van der Waals surface area contributed by atoms with Crippen molar-refractivity contribution in [2.45, 2.75) is 40.0 Å². The van der Waals surface area contributed by atoms with E-state index in [0.717, 1.165) is 30.9 Å². The molecule has 0 spiro atoms. The Kier molecular flexibility index (Phi) is 5.60. The zero-order chi connectivity index (χ0) is 12.0. The Balaban J connectivity index is 2.30. The molecule has 1 aliphatic rings. The number of aliphatic imine (C=N–C) groups is 1. The van der Waals surface area contributed by atoms with Crippen LogP contribution in [0.1, 0.15) is 40.0 Å². The summed E-state index contributed by atoms with van der Waals surface area (Å²) in [6.07, 6.45) is 4.05. The van der Waals surface area contributed by atoms with E-state index in [1.54, 1.807) is 0 Å². The number of guanidine groups is 1. The molecule has 4 nitrogen and oxygen atoms in total. The topological polar surface area (TPSA) is 62.4 Å². The minimum absolute atomic E-state index is 0.565. The van der Waals surface area contributed by atoms with Crippen LogP contribution in [0.4, 0.5) is 0 Å². The van der Waals surface area contributed by atoms with Crippen LogP contribution in [-0.2, 0) is 0 Å². The van der Waals surface area contributed by atoms with Crippen molar-refractivity contribution in [2.24, 2.45) is 28.6 Å². The lowest BCUT2D eigenvalue weighted by Crippen LogP contribution is -2.44. The van der Waals surface area contributed by atoms with E-state index in [0.29, 0.717) is 5.92 Å². The Bertz CT molecular complexity index is 225. The monoisotopic (exact) mass is 226 g/mol. The van der Waals surface area contributed by atoms with Crippen LogP contribution in [0.25, 0.3) is 0 Å². The molecule has 0 amide bonds. The Morgan fingerprint density at radius 2 is 2.19 bits per heavy atom. The lowest BCUT2D eigenvalue weighted by atomic mass is 9.98. The zero-order valence-corrected chi connectivity index (χ0v) is 10.8. The second-order valence-electron chi connectivity index (χ2n) is 5.28. The van der Waals surface area contributed by atoms with Crippen molar-refractivity contribution in [3.05, 3.63) is 0 Å². The average molecular weight is 226 g/mol. The molecule has 2 atom stereocenters. The van der Waals surface area contributed by atoms with E-state index in [2.05, 4.69) is 36.5 Å². The standard InChI is InChI=1S/C12H26N4/c1-9(2)7-14-12(16-13)15-8-11-6-4-5-10(11)3/h9-11H,4-8,13H2,1-3H3,(H2,14,15,16). The third-order valence-corrected chi connectivity index (χ3v) is 3.32. The fourth-order valence-corrected chi connectivity index (χ4v) is 2.18. The summed E-state index contributed by atoms with van der Waals surface area (Å²) in [6, 6.07) is 0. The molecular formula is C12H26N4. The largest absolute Gasteiger partial charge is 0.355 e. The van der Waals surface area contributed by atoms with E-state index < -0.39 is 0 Å². The molecule has 0 radical (unpaired) electrons. The quantitative estimate of drug-likeness (QED) is 0.294. The summed E-state index contributed by atoms with van der Waals surface area (Å²) in [6.45, 7) is 8.43. The normalized spacial score (nSPS) is 26.2. The molecule has 1 fully saturated rings.